The highest BCUT2D eigenvalue weighted by atomic mass is 35.5. The van der Waals surface area contributed by atoms with Crippen LogP contribution in [0.3, 0.4) is 0 Å². The molecule has 1 fully saturated rings. The molecule has 1 aromatic rings. The van der Waals surface area contributed by atoms with E-state index in [-0.39, 0.29) is 5.91 Å². The van der Waals surface area contributed by atoms with Gasteiger partial charge in [-0.05, 0) is 31.2 Å². The number of nitrogens with zero attached hydrogens (tertiary/aromatic N) is 1. The summed E-state index contributed by atoms with van der Waals surface area (Å²) in [7, 11) is 0. The molecule has 0 bridgehead atoms. The Bertz CT molecular complexity index is 492. The number of rotatable bonds is 5. The molecule has 0 spiro atoms. The summed E-state index contributed by atoms with van der Waals surface area (Å²) >= 11 is 6.12. The minimum Gasteiger partial charge on any atom is -0.369 e. The molecule has 21 heavy (non-hydrogen) atoms. The number of halogens is 1. The molecule has 0 aliphatic heterocycles. The molecule has 1 heterocycles. The summed E-state index contributed by atoms with van der Waals surface area (Å²) in [5.74, 6) is 1.81. The van der Waals surface area contributed by atoms with Gasteiger partial charge < -0.3 is 10.6 Å². The minimum absolute atomic E-state index is 0.0924. The zero-order valence-corrected chi connectivity index (χ0v) is 13.5. The Balaban J connectivity index is 1.92. The smallest absolute Gasteiger partial charge is 0.252 e. The van der Waals surface area contributed by atoms with Gasteiger partial charge in [0, 0.05) is 19.3 Å². The van der Waals surface area contributed by atoms with Gasteiger partial charge in [0.15, 0.2) is 0 Å². The Hall–Kier alpha value is -1.29. The molecule has 1 saturated carbocycles. The molecule has 5 heteroatoms. The van der Waals surface area contributed by atoms with Gasteiger partial charge in [-0.3, -0.25) is 4.79 Å². The standard InChI is InChI=1S/C16H24ClN3O/c1-3-18-15-14(17)8-13(10-19-15)16(21)20-9-12-7-5-4-6-11(12)2/h8,10-12H,3-7,9H2,1-2H3,(H,18,19)(H,20,21). The molecule has 2 unspecified atom stereocenters. The lowest BCUT2D eigenvalue weighted by Gasteiger charge is -2.28. The second-order valence-corrected chi connectivity index (χ2v) is 6.22. The quantitative estimate of drug-likeness (QED) is 0.871. The number of hydrogen-bond donors (Lipinski definition) is 2. The van der Waals surface area contributed by atoms with Gasteiger partial charge in [-0.15, -0.1) is 0 Å². The molecule has 2 N–H and O–H groups in total. The van der Waals surface area contributed by atoms with Crippen molar-refractivity contribution < 1.29 is 4.79 Å². The van der Waals surface area contributed by atoms with E-state index < -0.39 is 0 Å². The summed E-state index contributed by atoms with van der Waals surface area (Å²) in [6.07, 6.45) is 6.64. The lowest BCUT2D eigenvalue weighted by molar-refractivity contribution is 0.0936. The van der Waals surface area contributed by atoms with Crippen LogP contribution in [0, 0.1) is 11.8 Å². The van der Waals surface area contributed by atoms with Crippen LogP contribution in [-0.4, -0.2) is 24.0 Å². The fraction of sp³-hybridized carbons (Fsp3) is 0.625. The lowest BCUT2D eigenvalue weighted by atomic mass is 9.80. The summed E-state index contributed by atoms with van der Waals surface area (Å²) in [6, 6.07) is 1.67. The molecular formula is C16H24ClN3O. The van der Waals surface area contributed by atoms with Gasteiger partial charge in [0.1, 0.15) is 5.82 Å². The van der Waals surface area contributed by atoms with Crippen molar-refractivity contribution in [1.82, 2.24) is 10.3 Å². The lowest BCUT2D eigenvalue weighted by Crippen LogP contribution is -2.33. The number of hydrogen-bond acceptors (Lipinski definition) is 3. The summed E-state index contributed by atoms with van der Waals surface area (Å²) in [4.78, 5) is 16.4. The van der Waals surface area contributed by atoms with E-state index >= 15 is 0 Å². The third-order valence-corrected chi connectivity index (χ3v) is 4.55. The van der Waals surface area contributed by atoms with Crippen LogP contribution >= 0.6 is 11.6 Å². The highest BCUT2D eigenvalue weighted by Gasteiger charge is 2.22. The molecule has 1 amide bonds. The van der Waals surface area contributed by atoms with Crippen molar-refractivity contribution in [3.05, 3.63) is 22.8 Å². The highest BCUT2D eigenvalue weighted by Crippen LogP contribution is 2.29. The van der Waals surface area contributed by atoms with Crippen molar-refractivity contribution in [2.75, 3.05) is 18.4 Å². The van der Waals surface area contributed by atoms with E-state index in [1.807, 2.05) is 6.92 Å². The van der Waals surface area contributed by atoms with E-state index in [2.05, 4.69) is 22.5 Å². The van der Waals surface area contributed by atoms with Crippen LogP contribution in [-0.2, 0) is 0 Å². The van der Waals surface area contributed by atoms with E-state index in [0.717, 1.165) is 13.1 Å². The molecule has 4 nitrogen and oxygen atoms in total. The predicted octanol–water partition coefficient (Wildman–Crippen LogP) is 3.72. The van der Waals surface area contributed by atoms with Crippen molar-refractivity contribution in [2.24, 2.45) is 11.8 Å². The second-order valence-electron chi connectivity index (χ2n) is 5.82. The number of carbonyl (C=O) groups excluding carboxylic acids is 1. The number of nitrogens with one attached hydrogen (secondary N) is 2. The van der Waals surface area contributed by atoms with Crippen LogP contribution in [0.5, 0.6) is 0 Å². The molecule has 116 valence electrons. The van der Waals surface area contributed by atoms with E-state index in [1.54, 1.807) is 12.3 Å². The van der Waals surface area contributed by atoms with Crippen LogP contribution < -0.4 is 10.6 Å². The normalized spacial score (nSPS) is 21.9. The van der Waals surface area contributed by atoms with Crippen LogP contribution in [0.1, 0.15) is 49.9 Å². The van der Waals surface area contributed by atoms with E-state index in [1.165, 1.54) is 25.7 Å². The number of carbonyl (C=O) groups is 1. The zero-order chi connectivity index (χ0) is 15.2. The van der Waals surface area contributed by atoms with Crippen LogP contribution in [0.4, 0.5) is 5.82 Å². The molecule has 1 aliphatic carbocycles. The second kappa shape index (κ2) is 7.64. The molecule has 1 aliphatic rings. The first kappa shape index (κ1) is 16.1. The first-order chi connectivity index (χ1) is 10.1. The number of aromatic nitrogens is 1. The topological polar surface area (TPSA) is 54.0 Å². The fourth-order valence-corrected chi connectivity index (χ4v) is 3.11. The predicted molar refractivity (Wildman–Crippen MR) is 86.9 cm³/mol. The van der Waals surface area contributed by atoms with Crippen LogP contribution in [0.15, 0.2) is 12.3 Å². The van der Waals surface area contributed by atoms with Gasteiger partial charge >= 0.3 is 0 Å². The Morgan fingerprint density at radius 3 is 2.86 bits per heavy atom. The third kappa shape index (κ3) is 4.34. The van der Waals surface area contributed by atoms with Gasteiger partial charge in [-0.1, -0.05) is 37.8 Å². The van der Waals surface area contributed by atoms with Gasteiger partial charge in [-0.2, -0.15) is 0 Å². The maximum atomic E-state index is 12.2. The summed E-state index contributed by atoms with van der Waals surface area (Å²) < 4.78 is 0. The molecule has 0 aromatic carbocycles. The fourth-order valence-electron chi connectivity index (χ4n) is 2.88. The third-order valence-electron chi connectivity index (χ3n) is 4.26. The van der Waals surface area contributed by atoms with Crippen LogP contribution in [0.2, 0.25) is 5.02 Å². The van der Waals surface area contributed by atoms with Crippen LogP contribution in [0.25, 0.3) is 0 Å². The SMILES string of the molecule is CCNc1ncc(C(=O)NCC2CCCCC2C)cc1Cl. The van der Waals surface area contributed by atoms with Crippen molar-refractivity contribution in [3.8, 4) is 0 Å². The highest BCUT2D eigenvalue weighted by molar-refractivity contribution is 6.33. The number of pyridine rings is 1. The molecule has 0 radical (unpaired) electrons. The van der Waals surface area contributed by atoms with Gasteiger partial charge in [0.2, 0.25) is 0 Å². The summed E-state index contributed by atoms with van der Waals surface area (Å²) in [5.41, 5.74) is 0.519. The average molecular weight is 310 g/mol. The minimum atomic E-state index is -0.0924. The largest absolute Gasteiger partial charge is 0.369 e. The van der Waals surface area contributed by atoms with Gasteiger partial charge in [-0.25, -0.2) is 4.98 Å². The van der Waals surface area contributed by atoms with Crippen molar-refractivity contribution in [2.45, 2.75) is 39.5 Å². The molecule has 0 saturated heterocycles. The summed E-state index contributed by atoms with van der Waals surface area (Å²) in [5, 5.41) is 6.56. The summed E-state index contributed by atoms with van der Waals surface area (Å²) in [6.45, 7) is 5.74. The van der Waals surface area contributed by atoms with Gasteiger partial charge in [0.05, 0.1) is 10.6 Å². The molecule has 2 rings (SSSR count). The Kier molecular flexibility index (Phi) is 5.85. The maximum Gasteiger partial charge on any atom is 0.252 e. The Morgan fingerprint density at radius 2 is 2.19 bits per heavy atom. The van der Waals surface area contributed by atoms with Crippen molar-refractivity contribution >= 4 is 23.3 Å². The monoisotopic (exact) mass is 309 g/mol. The van der Waals surface area contributed by atoms with Crippen molar-refractivity contribution in [1.29, 1.82) is 0 Å². The number of anilines is 1. The Labute approximate surface area is 131 Å². The average Bonchev–Trinajstić information content (AvgIpc) is 2.48. The van der Waals surface area contributed by atoms with Gasteiger partial charge in [0.25, 0.3) is 5.91 Å². The molecule has 1 aromatic heterocycles. The van der Waals surface area contributed by atoms with Crippen molar-refractivity contribution in [3.63, 3.8) is 0 Å². The first-order valence-electron chi connectivity index (χ1n) is 7.79. The first-order valence-corrected chi connectivity index (χ1v) is 8.17. The zero-order valence-electron chi connectivity index (χ0n) is 12.8. The van der Waals surface area contributed by atoms with E-state index in [4.69, 9.17) is 11.6 Å². The van der Waals surface area contributed by atoms with E-state index in [0.29, 0.717) is 28.2 Å². The number of amides is 1. The molecule has 2 atom stereocenters. The maximum absolute atomic E-state index is 12.2. The molecular weight excluding hydrogens is 286 g/mol. The van der Waals surface area contributed by atoms with E-state index in [9.17, 15) is 4.79 Å². The Morgan fingerprint density at radius 1 is 1.43 bits per heavy atom.